The first-order chi connectivity index (χ1) is 12.0. The van der Waals surface area contributed by atoms with Crippen LogP contribution in [0.3, 0.4) is 0 Å². The molecule has 0 aliphatic heterocycles. The van der Waals surface area contributed by atoms with E-state index in [-0.39, 0.29) is 49.0 Å². The van der Waals surface area contributed by atoms with Gasteiger partial charge < -0.3 is 16.0 Å². The van der Waals surface area contributed by atoms with E-state index in [0.717, 1.165) is 6.54 Å². The molecule has 1 saturated carbocycles. The highest BCUT2D eigenvalue weighted by Crippen LogP contribution is 2.17. The van der Waals surface area contributed by atoms with E-state index in [0.29, 0.717) is 23.4 Å². The van der Waals surface area contributed by atoms with E-state index < -0.39 is 0 Å². The summed E-state index contributed by atoms with van der Waals surface area (Å²) >= 11 is 1.35. The number of nitrogens with one attached hydrogen (secondary N) is 3. The summed E-state index contributed by atoms with van der Waals surface area (Å²) in [6.07, 6.45) is 8.06. The van der Waals surface area contributed by atoms with Crippen LogP contribution in [0.4, 0.5) is 5.13 Å². The number of hydrogen-bond acceptors (Lipinski definition) is 5. The average molecular weight is 439 g/mol. The fourth-order valence-electron chi connectivity index (χ4n) is 2.88. The Bertz CT molecular complexity index is 561. The molecule has 0 saturated heterocycles. The molecule has 0 radical (unpaired) electrons. The summed E-state index contributed by atoms with van der Waals surface area (Å²) in [4.78, 5) is 27.9. The van der Waals surface area contributed by atoms with Crippen molar-refractivity contribution in [2.24, 2.45) is 5.92 Å². The first-order valence-electron chi connectivity index (χ1n) is 9.30. The third kappa shape index (κ3) is 10.3. The van der Waals surface area contributed by atoms with Crippen molar-refractivity contribution in [3.05, 3.63) is 11.1 Å². The standard InChI is InChI=1S/C18H30N4O2S.2ClH/c1-13(2)17(24)22-18-21-15(12-25-18)11-16(23)20-10-9-19-14-7-5-3-4-6-8-14;;/h12-14,19H,3-11H2,1-2H3,(H,20,23)(H,21,22,24);2*1H. The molecule has 1 aromatic rings. The van der Waals surface area contributed by atoms with Gasteiger partial charge in [0.05, 0.1) is 12.1 Å². The molecule has 1 heterocycles. The fraction of sp³-hybridized carbons (Fsp3) is 0.722. The molecule has 9 heteroatoms. The summed E-state index contributed by atoms with van der Waals surface area (Å²) in [5.41, 5.74) is 0.693. The molecule has 0 bridgehead atoms. The van der Waals surface area contributed by atoms with Gasteiger partial charge in [-0.1, -0.05) is 39.5 Å². The van der Waals surface area contributed by atoms with Crippen molar-refractivity contribution in [3.8, 4) is 0 Å². The van der Waals surface area contributed by atoms with Gasteiger partial charge in [-0.2, -0.15) is 0 Å². The van der Waals surface area contributed by atoms with Gasteiger partial charge in [0.1, 0.15) is 0 Å². The summed E-state index contributed by atoms with van der Waals surface area (Å²) in [5, 5.41) is 11.6. The largest absolute Gasteiger partial charge is 0.354 e. The molecule has 3 N–H and O–H groups in total. The average Bonchev–Trinajstić information content (AvgIpc) is 2.83. The Morgan fingerprint density at radius 1 is 1.15 bits per heavy atom. The van der Waals surface area contributed by atoms with Crippen LogP contribution in [0.5, 0.6) is 0 Å². The minimum Gasteiger partial charge on any atom is -0.354 e. The van der Waals surface area contributed by atoms with Crippen LogP contribution in [-0.4, -0.2) is 35.9 Å². The van der Waals surface area contributed by atoms with Gasteiger partial charge in [-0.15, -0.1) is 36.2 Å². The maximum absolute atomic E-state index is 12.0. The molecule has 2 rings (SSSR count). The Balaban J connectivity index is 0.00000338. The van der Waals surface area contributed by atoms with Crippen LogP contribution in [0.1, 0.15) is 58.1 Å². The molecular formula is C18H32Cl2N4O2S. The highest BCUT2D eigenvalue weighted by molar-refractivity contribution is 7.13. The highest BCUT2D eigenvalue weighted by atomic mass is 35.5. The predicted molar refractivity (Wildman–Crippen MR) is 116 cm³/mol. The van der Waals surface area contributed by atoms with Crippen LogP contribution >= 0.6 is 36.2 Å². The minimum atomic E-state index is -0.0865. The molecule has 0 unspecified atom stereocenters. The summed E-state index contributed by atoms with van der Waals surface area (Å²) in [6, 6.07) is 0.602. The molecule has 2 amide bonds. The lowest BCUT2D eigenvalue weighted by atomic mass is 10.1. The summed E-state index contributed by atoms with van der Waals surface area (Å²) in [5.74, 6) is -0.179. The van der Waals surface area contributed by atoms with Crippen molar-refractivity contribution < 1.29 is 9.59 Å². The molecule has 6 nitrogen and oxygen atoms in total. The van der Waals surface area contributed by atoms with Crippen molar-refractivity contribution >= 4 is 53.1 Å². The van der Waals surface area contributed by atoms with E-state index in [2.05, 4.69) is 20.9 Å². The van der Waals surface area contributed by atoms with Gasteiger partial charge in [0.25, 0.3) is 0 Å². The van der Waals surface area contributed by atoms with Crippen LogP contribution in [0.25, 0.3) is 0 Å². The van der Waals surface area contributed by atoms with E-state index >= 15 is 0 Å². The van der Waals surface area contributed by atoms with E-state index in [1.54, 1.807) is 0 Å². The van der Waals surface area contributed by atoms with Gasteiger partial charge in [-0.3, -0.25) is 9.59 Å². The molecule has 0 spiro atoms. The molecule has 1 fully saturated rings. The maximum Gasteiger partial charge on any atom is 0.228 e. The van der Waals surface area contributed by atoms with Crippen LogP contribution in [0, 0.1) is 5.92 Å². The molecule has 156 valence electrons. The fourth-order valence-corrected chi connectivity index (χ4v) is 3.60. The molecule has 1 aromatic heterocycles. The Morgan fingerprint density at radius 2 is 1.81 bits per heavy atom. The van der Waals surface area contributed by atoms with Crippen molar-refractivity contribution in [1.29, 1.82) is 0 Å². The van der Waals surface area contributed by atoms with Gasteiger partial charge >= 0.3 is 0 Å². The first kappa shape index (κ1) is 26.1. The van der Waals surface area contributed by atoms with Crippen molar-refractivity contribution in [2.75, 3.05) is 18.4 Å². The number of amides is 2. The van der Waals surface area contributed by atoms with E-state index in [1.165, 1.54) is 49.9 Å². The molecule has 0 aromatic carbocycles. The molecule has 1 aliphatic rings. The Kier molecular flexibility index (Phi) is 13.7. The van der Waals surface area contributed by atoms with E-state index in [9.17, 15) is 9.59 Å². The Hall–Kier alpha value is -0.890. The van der Waals surface area contributed by atoms with E-state index in [4.69, 9.17) is 0 Å². The first-order valence-corrected chi connectivity index (χ1v) is 10.2. The van der Waals surface area contributed by atoms with E-state index in [1.807, 2.05) is 19.2 Å². The van der Waals surface area contributed by atoms with Gasteiger partial charge in [0.2, 0.25) is 11.8 Å². The second-order valence-electron chi connectivity index (χ2n) is 6.96. The zero-order valence-electron chi connectivity index (χ0n) is 16.1. The third-order valence-corrected chi connectivity index (χ3v) is 5.19. The topological polar surface area (TPSA) is 83.1 Å². The second kappa shape index (κ2) is 14.2. The SMILES string of the molecule is CC(C)C(=O)Nc1nc(CC(=O)NCCNC2CCCCCC2)cs1.Cl.Cl. The highest BCUT2D eigenvalue weighted by Gasteiger charge is 2.13. The number of aromatic nitrogens is 1. The van der Waals surface area contributed by atoms with Crippen LogP contribution in [0.15, 0.2) is 5.38 Å². The summed E-state index contributed by atoms with van der Waals surface area (Å²) in [7, 11) is 0. The zero-order valence-corrected chi connectivity index (χ0v) is 18.5. The van der Waals surface area contributed by atoms with Gasteiger partial charge in [0, 0.05) is 30.4 Å². The monoisotopic (exact) mass is 438 g/mol. The number of nitrogens with zero attached hydrogens (tertiary/aromatic N) is 1. The minimum absolute atomic E-state index is 0. The van der Waals surface area contributed by atoms with Gasteiger partial charge in [-0.25, -0.2) is 4.98 Å². The Labute approximate surface area is 178 Å². The summed E-state index contributed by atoms with van der Waals surface area (Å²) < 4.78 is 0. The van der Waals surface area contributed by atoms with Crippen molar-refractivity contribution in [3.63, 3.8) is 0 Å². The Morgan fingerprint density at radius 3 is 2.44 bits per heavy atom. The maximum atomic E-state index is 12.0. The quantitative estimate of drug-likeness (QED) is 0.427. The summed E-state index contributed by atoms with van der Waals surface area (Å²) in [6.45, 7) is 5.11. The number of thiazole rings is 1. The second-order valence-corrected chi connectivity index (χ2v) is 7.82. The van der Waals surface area contributed by atoms with Crippen molar-refractivity contribution in [2.45, 2.75) is 64.8 Å². The lowest BCUT2D eigenvalue weighted by molar-refractivity contribution is -0.120. The van der Waals surface area contributed by atoms with Crippen LogP contribution in [0.2, 0.25) is 0 Å². The third-order valence-electron chi connectivity index (χ3n) is 4.38. The normalized spacial score (nSPS) is 14.6. The number of carbonyl (C=O) groups excluding carboxylic acids is 2. The lowest BCUT2D eigenvalue weighted by Gasteiger charge is -2.16. The number of anilines is 1. The molecule has 27 heavy (non-hydrogen) atoms. The lowest BCUT2D eigenvalue weighted by Crippen LogP contribution is -2.37. The molecule has 0 atom stereocenters. The van der Waals surface area contributed by atoms with Crippen LogP contribution < -0.4 is 16.0 Å². The number of halogens is 2. The number of hydrogen-bond donors (Lipinski definition) is 3. The number of carbonyl (C=O) groups is 2. The molecular weight excluding hydrogens is 407 g/mol. The molecule has 1 aliphatic carbocycles. The number of rotatable bonds is 8. The zero-order chi connectivity index (χ0) is 18.1. The van der Waals surface area contributed by atoms with Crippen LogP contribution in [-0.2, 0) is 16.0 Å². The van der Waals surface area contributed by atoms with Gasteiger partial charge in [0.15, 0.2) is 5.13 Å². The van der Waals surface area contributed by atoms with Gasteiger partial charge in [-0.05, 0) is 12.8 Å². The van der Waals surface area contributed by atoms with Crippen molar-refractivity contribution in [1.82, 2.24) is 15.6 Å². The predicted octanol–water partition coefficient (Wildman–Crippen LogP) is 3.55. The smallest absolute Gasteiger partial charge is 0.228 e.